The van der Waals surface area contributed by atoms with Gasteiger partial charge in [-0.05, 0) is 63.4 Å². The second-order valence-corrected chi connectivity index (χ2v) is 15.5. The highest BCUT2D eigenvalue weighted by Gasteiger charge is 2.42. The quantitative estimate of drug-likeness (QED) is 0.0586. The number of aromatic nitrogens is 4. The number of nitrogens with zero attached hydrogens (tertiary/aromatic N) is 8. The summed E-state index contributed by atoms with van der Waals surface area (Å²) in [5, 5.41) is 7.50. The summed E-state index contributed by atoms with van der Waals surface area (Å²) >= 11 is 0. The number of aromatic amines is 2. The van der Waals surface area contributed by atoms with Crippen molar-refractivity contribution in [1.29, 1.82) is 0 Å². The first-order valence-electron chi connectivity index (χ1n) is 16.9. The van der Waals surface area contributed by atoms with Crippen LogP contribution in [0.3, 0.4) is 0 Å². The molecule has 1 aromatic carbocycles. The predicted molar refractivity (Wildman–Crippen MR) is 191 cm³/mol. The fourth-order valence-corrected chi connectivity index (χ4v) is 6.75. The summed E-state index contributed by atoms with van der Waals surface area (Å²) in [7, 11) is -4.62. The van der Waals surface area contributed by atoms with E-state index in [2.05, 4.69) is 30.0 Å². The van der Waals surface area contributed by atoms with Crippen LogP contribution in [0, 0.1) is 19.3 Å². The van der Waals surface area contributed by atoms with Gasteiger partial charge in [0.2, 0.25) is 0 Å². The number of hydrogen-bond acceptors (Lipinski definition) is 14. The molecule has 2 aromatic heterocycles. The molecule has 2 fully saturated rings. The first-order chi connectivity index (χ1) is 26.0. The largest absolute Gasteiger partial charge is 0.475 e. The lowest BCUT2D eigenvalue weighted by atomic mass is 9.97. The van der Waals surface area contributed by atoms with E-state index in [0.717, 1.165) is 9.13 Å². The lowest BCUT2D eigenvalue weighted by molar-refractivity contribution is -0.143. The van der Waals surface area contributed by atoms with Gasteiger partial charge < -0.3 is 14.2 Å². The van der Waals surface area contributed by atoms with Gasteiger partial charge in [0, 0.05) is 46.2 Å². The summed E-state index contributed by atoms with van der Waals surface area (Å²) in [5.74, 6) is -0.184. The van der Waals surface area contributed by atoms with Crippen LogP contribution in [0.4, 0.5) is 0 Å². The first kappa shape index (κ1) is 40.9. The van der Waals surface area contributed by atoms with Crippen molar-refractivity contribution in [1.82, 2.24) is 19.1 Å². The Kier molecular flexibility index (Phi) is 12.6. The maximum absolute atomic E-state index is 14.3. The van der Waals surface area contributed by atoms with Crippen molar-refractivity contribution >= 4 is 13.8 Å². The summed E-state index contributed by atoms with van der Waals surface area (Å²) in [6.45, 7) is 6.71. The Morgan fingerprint density at radius 1 is 0.836 bits per heavy atom. The molecule has 0 aliphatic carbocycles. The molecule has 0 amide bonds. The molecule has 294 valence electrons. The Balaban J connectivity index is 1.35. The monoisotopic (exact) mass is 786 g/mol. The van der Waals surface area contributed by atoms with Gasteiger partial charge >= 0.3 is 25.2 Å². The SMILES string of the molecule is Cc1cn([C@H]2C[C@H](N=[N+]=[N-])[C@@H](COP(=O)(OCc3ccc(OC(=O)C(C)(C)C)cc3)OC[C@H]3O[C@@H](n4cc(C)c(=O)[nH]c4=O)C[C@@H]3N=[N+]=[N-])O2)c(=O)[nH]c1=O. The van der Waals surface area contributed by atoms with Gasteiger partial charge in [0.25, 0.3) is 11.1 Å². The maximum atomic E-state index is 14.3. The van der Waals surface area contributed by atoms with Gasteiger partial charge in [-0.1, -0.05) is 22.4 Å². The van der Waals surface area contributed by atoms with Crippen molar-refractivity contribution in [3.8, 4) is 5.75 Å². The zero-order chi connectivity index (χ0) is 40.1. The molecule has 6 atom stereocenters. The number of aryl methyl sites for hydroxylation is 2. The minimum Gasteiger partial charge on any atom is -0.426 e. The van der Waals surface area contributed by atoms with Crippen LogP contribution >= 0.6 is 7.82 Å². The van der Waals surface area contributed by atoms with Crippen LogP contribution in [0.5, 0.6) is 5.75 Å². The zero-order valence-electron chi connectivity index (χ0n) is 30.4. The zero-order valence-corrected chi connectivity index (χ0v) is 31.3. The van der Waals surface area contributed by atoms with E-state index in [0.29, 0.717) is 5.56 Å². The van der Waals surface area contributed by atoms with Crippen molar-refractivity contribution in [2.45, 2.75) is 90.8 Å². The van der Waals surface area contributed by atoms with Crippen molar-refractivity contribution in [3.05, 3.63) is 116 Å². The Morgan fingerprint density at radius 3 is 1.71 bits per heavy atom. The van der Waals surface area contributed by atoms with Crippen LogP contribution in [-0.2, 0) is 39.0 Å². The van der Waals surface area contributed by atoms with E-state index in [4.69, 9.17) is 27.8 Å². The lowest BCUT2D eigenvalue weighted by Gasteiger charge is -2.23. The lowest BCUT2D eigenvalue weighted by Crippen LogP contribution is -2.33. The van der Waals surface area contributed by atoms with Gasteiger partial charge in [-0.25, -0.2) is 14.2 Å². The topological polar surface area (TPSA) is 297 Å². The summed E-state index contributed by atoms with van der Waals surface area (Å²) in [5.41, 5.74) is 16.0. The predicted octanol–water partition coefficient (Wildman–Crippen LogP) is 3.95. The smallest absolute Gasteiger partial charge is 0.426 e. The molecule has 4 heterocycles. The summed E-state index contributed by atoms with van der Waals surface area (Å²) < 4.78 is 51.1. The number of hydrogen-bond donors (Lipinski definition) is 2. The highest BCUT2D eigenvalue weighted by atomic mass is 31.2. The van der Waals surface area contributed by atoms with Crippen molar-refractivity contribution in [2.24, 2.45) is 15.6 Å². The molecule has 0 unspecified atom stereocenters. The molecule has 55 heavy (non-hydrogen) atoms. The van der Waals surface area contributed by atoms with E-state index in [9.17, 15) is 39.6 Å². The van der Waals surface area contributed by atoms with Crippen LogP contribution < -0.4 is 27.2 Å². The number of H-pyrrole nitrogens is 2. The number of esters is 1. The Labute approximate surface area is 311 Å². The van der Waals surface area contributed by atoms with Gasteiger partial charge in [0.1, 0.15) is 18.2 Å². The highest BCUT2D eigenvalue weighted by molar-refractivity contribution is 7.48. The standard InChI is InChI=1S/C32H39N10O12P/c1-17-12-41(30(46)35-27(17)43)25-10-21(37-39-33)23(53-25)15-50-55(48,49-14-19-6-8-20(9-7-19)52-29(45)32(3,4)5)51-16-24-22(38-40-34)11-26(54-24)42-13-18(2)28(44)36-31(42)47/h6-9,12-13,21-26H,10-11,14-16H2,1-5H3,(H,35,43,46)(H,36,44,47)/t21-,22-,23+,24+,25+,26+/m0/s1. The van der Waals surface area contributed by atoms with E-state index >= 15 is 0 Å². The Bertz CT molecular complexity index is 2170. The second-order valence-electron chi connectivity index (χ2n) is 13.8. The molecule has 2 aliphatic rings. The van der Waals surface area contributed by atoms with Crippen molar-refractivity contribution < 1.29 is 37.1 Å². The van der Waals surface area contributed by atoms with Crippen LogP contribution in [0.25, 0.3) is 20.9 Å². The summed E-state index contributed by atoms with van der Waals surface area (Å²) in [6, 6.07) is 4.33. The van der Waals surface area contributed by atoms with Crippen LogP contribution in [0.1, 0.15) is 62.8 Å². The minimum absolute atomic E-state index is 0.00360. The fourth-order valence-electron chi connectivity index (χ4n) is 5.56. The first-order valence-corrected chi connectivity index (χ1v) is 18.3. The summed E-state index contributed by atoms with van der Waals surface area (Å²) in [6.07, 6.45) is -1.54. The molecule has 2 aliphatic heterocycles. The molecule has 0 spiro atoms. The number of carbonyl (C=O) groups excluding carboxylic acids is 1. The average molecular weight is 787 g/mol. The van der Waals surface area contributed by atoms with E-state index in [-0.39, 0.29) is 36.3 Å². The Morgan fingerprint density at radius 2 is 1.29 bits per heavy atom. The van der Waals surface area contributed by atoms with E-state index in [1.54, 1.807) is 32.9 Å². The highest BCUT2D eigenvalue weighted by Crippen LogP contribution is 2.52. The molecule has 0 saturated carbocycles. The maximum Gasteiger partial charge on any atom is 0.475 e. The minimum atomic E-state index is -4.62. The van der Waals surface area contributed by atoms with E-state index in [1.807, 2.05) is 0 Å². The molecule has 2 N–H and O–H groups in total. The molecule has 3 aromatic rings. The molecule has 2 saturated heterocycles. The number of rotatable bonds is 14. The number of azide groups is 2. The van der Waals surface area contributed by atoms with E-state index in [1.165, 1.54) is 38.4 Å². The number of ether oxygens (including phenoxy) is 3. The average Bonchev–Trinajstić information content (AvgIpc) is 3.73. The van der Waals surface area contributed by atoms with Crippen molar-refractivity contribution in [2.75, 3.05) is 13.2 Å². The summed E-state index contributed by atoms with van der Waals surface area (Å²) in [4.78, 5) is 71.3. The van der Waals surface area contributed by atoms with Crippen LogP contribution in [-0.4, -0.2) is 62.6 Å². The number of benzene rings is 1. The van der Waals surface area contributed by atoms with Gasteiger partial charge in [-0.3, -0.25) is 47.1 Å². The number of phosphoric acid groups is 1. The van der Waals surface area contributed by atoms with Crippen LogP contribution in [0.15, 0.2) is 66.1 Å². The normalized spacial score (nSPS) is 23.4. The molecular formula is C32H39N10O12P. The number of phosphoric ester groups is 1. The third-order valence-electron chi connectivity index (χ3n) is 8.65. The van der Waals surface area contributed by atoms with Crippen molar-refractivity contribution in [3.63, 3.8) is 0 Å². The third-order valence-corrected chi connectivity index (χ3v) is 10.0. The molecule has 0 radical (unpaired) electrons. The molecule has 23 heteroatoms. The third kappa shape index (κ3) is 10.1. The second kappa shape index (κ2) is 17.0. The Hall–Kier alpha value is -5.30. The molecule has 5 rings (SSSR count). The van der Waals surface area contributed by atoms with Crippen LogP contribution in [0.2, 0.25) is 0 Å². The van der Waals surface area contributed by atoms with E-state index < -0.39 is 91.7 Å². The van der Waals surface area contributed by atoms with Gasteiger partial charge in [0.05, 0.1) is 49.5 Å². The molecular weight excluding hydrogens is 747 g/mol. The van der Waals surface area contributed by atoms with Gasteiger partial charge in [-0.2, -0.15) is 0 Å². The van der Waals surface area contributed by atoms with Gasteiger partial charge in [0.15, 0.2) is 0 Å². The fraction of sp³-hybridized carbons (Fsp3) is 0.531. The molecule has 0 bridgehead atoms. The molecule has 22 nitrogen and oxygen atoms in total. The van der Waals surface area contributed by atoms with Gasteiger partial charge in [-0.15, -0.1) is 0 Å². The number of carbonyl (C=O) groups is 1. The number of nitrogens with one attached hydrogen (secondary N) is 2.